The maximum absolute atomic E-state index is 14.6. The highest BCUT2D eigenvalue weighted by Gasteiger charge is 2.35. The second-order valence-electron chi connectivity index (χ2n) is 11.3. The molecule has 0 spiro atoms. The lowest BCUT2D eigenvalue weighted by Crippen LogP contribution is -2.53. The average Bonchev–Trinajstić information content (AvgIpc) is 3.04. The number of sulfonamides is 1. The summed E-state index contributed by atoms with van der Waals surface area (Å²) in [6.07, 6.45) is 0.928. The number of amides is 2. The first-order chi connectivity index (χ1) is 21.9. The van der Waals surface area contributed by atoms with E-state index in [0.717, 1.165) is 26.6 Å². The fourth-order valence-electron chi connectivity index (χ4n) is 5.11. The molecule has 4 aromatic carbocycles. The molecule has 1 atom stereocenters. The summed E-state index contributed by atoms with van der Waals surface area (Å²) < 4.78 is 29.7. The molecule has 0 bridgehead atoms. The van der Waals surface area contributed by atoms with Gasteiger partial charge in [-0.15, -0.1) is 0 Å². The molecule has 2 amide bonds. The quantitative estimate of drug-likeness (QED) is 0.161. The first-order valence-electron chi connectivity index (χ1n) is 15.1. The number of nitrogens with zero attached hydrogens (tertiary/aromatic N) is 2. The smallest absolute Gasteiger partial charge is 0.264 e. The SMILES string of the molecule is CCCNC(=O)C(Cc1ccccc1)N(Cc1ccc(Cl)c(Cl)c1)C(=O)CN(c1cccc(C)c1C)S(=O)(=O)c1ccc(C)cc1. The van der Waals surface area contributed by atoms with Crippen LogP contribution in [0, 0.1) is 20.8 Å². The minimum absolute atomic E-state index is 0.00200. The van der Waals surface area contributed by atoms with Gasteiger partial charge in [-0.05, 0) is 79.8 Å². The van der Waals surface area contributed by atoms with Crippen molar-refractivity contribution in [3.8, 4) is 0 Å². The molecule has 0 aromatic heterocycles. The number of hydrogen-bond donors (Lipinski definition) is 1. The molecule has 0 saturated heterocycles. The van der Waals surface area contributed by atoms with Gasteiger partial charge in [0.05, 0.1) is 20.6 Å². The molecule has 242 valence electrons. The summed E-state index contributed by atoms with van der Waals surface area (Å²) in [4.78, 5) is 29.9. The molecule has 1 N–H and O–H groups in total. The molecule has 1 unspecified atom stereocenters. The largest absolute Gasteiger partial charge is 0.354 e. The van der Waals surface area contributed by atoms with E-state index >= 15 is 0 Å². The summed E-state index contributed by atoms with van der Waals surface area (Å²) in [6, 6.07) is 25.4. The summed E-state index contributed by atoms with van der Waals surface area (Å²) in [5.74, 6) is -0.881. The monoisotopic (exact) mass is 679 g/mol. The normalized spacial score (nSPS) is 12.0. The van der Waals surface area contributed by atoms with Gasteiger partial charge in [0.15, 0.2) is 0 Å². The Morgan fingerprint density at radius 1 is 0.826 bits per heavy atom. The van der Waals surface area contributed by atoms with Crippen molar-refractivity contribution in [3.05, 3.63) is 129 Å². The molecule has 46 heavy (non-hydrogen) atoms. The number of aryl methyl sites for hydroxylation is 2. The Hall–Kier alpha value is -3.85. The third-order valence-corrected chi connectivity index (χ3v) is 10.4. The summed E-state index contributed by atoms with van der Waals surface area (Å²) in [6.45, 7) is 7.43. The highest BCUT2D eigenvalue weighted by atomic mass is 35.5. The predicted octanol–water partition coefficient (Wildman–Crippen LogP) is 7.28. The minimum Gasteiger partial charge on any atom is -0.354 e. The third kappa shape index (κ3) is 8.49. The average molecular weight is 681 g/mol. The molecule has 4 aromatic rings. The highest BCUT2D eigenvalue weighted by Crippen LogP contribution is 2.30. The summed E-state index contributed by atoms with van der Waals surface area (Å²) >= 11 is 12.5. The number of rotatable bonds is 13. The Balaban J connectivity index is 1.84. The number of benzene rings is 4. The van der Waals surface area contributed by atoms with Crippen molar-refractivity contribution < 1.29 is 18.0 Å². The molecule has 0 radical (unpaired) electrons. The van der Waals surface area contributed by atoms with Gasteiger partial charge in [-0.2, -0.15) is 0 Å². The van der Waals surface area contributed by atoms with Gasteiger partial charge in [0, 0.05) is 19.5 Å². The maximum Gasteiger partial charge on any atom is 0.264 e. The van der Waals surface area contributed by atoms with Gasteiger partial charge in [-0.25, -0.2) is 8.42 Å². The molecule has 10 heteroatoms. The van der Waals surface area contributed by atoms with Crippen molar-refractivity contribution in [2.45, 2.75) is 58.0 Å². The molecular formula is C36H39Cl2N3O4S. The van der Waals surface area contributed by atoms with Gasteiger partial charge in [0.25, 0.3) is 10.0 Å². The van der Waals surface area contributed by atoms with E-state index in [1.807, 2.05) is 64.1 Å². The van der Waals surface area contributed by atoms with Crippen LogP contribution in [-0.4, -0.2) is 44.3 Å². The zero-order chi connectivity index (χ0) is 33.4. The van der Waals surface area contributed by atoms with Crippen molar-refractivity contribution in [2.75, 3.05) is 17.4 Å². The van der Waals surface area contributed by atoms with Crippen molar-refractivity contribution in [3.63, 3.8) is 0 Å². The molecule has 0 fully saturated rings. The van der Waals surface area contributed by atoms with Crippen LogP contribution in [0.1, 0.15) is 41.2 Å². The Kier molecular flexibility index (Phi) is 11.9. The number of nitrogens with one attached hydrogen (secondary N) is 1. The standard InChI is InChI=1S/C36H39Cl2N3O4S/c1-5-20-39-36(43)34(22-28-11-7-6-8-12-28)40(23-29-16-19-31(37)32(38)21-29)35(42)24-41(33-13-9-10-26(3)27(33)4)46(44,45)30-17-14-25(2)15-18-30/h6-19,21,34H,5,20,22-24H2,1-4H3,(H,39,43). The van der Waals surface area contributed by atoms with Crippen molar-refractivity contribution in [2.24, 2.45) is 0 Å². The molecular weight excluding hydrogens is 641 g/mol. The van der Waals surface area contributed by atoms with E-state index in [4.69, 9.17) is 23.2 Å². The van der Waals surface area contributed by atoms with E-state index in [1.165, 1.54) is 17.0 Å². The second kappa shape index (κ2) is 15.6. The lowest BCUT2D eigenvalue weighted by Gasteiger charge is -2.34. The van der Waals surface area contributed by atoms with Gasteiger partial charge in [-0.3, -0.25) is 13.9 Å². The summed E-state index contributed by atoms with van der Waals surface area (Å²) in [5.41, 5.74) is 4.39. The van der Waals surface area contributed by atoms with Gasteiger partial charge < -0.3 is 10.2 Å². The van der Waals surface area contributed by atoms with Crippen LogP contribution >= 0.6 is 23.2 Å². The Morgan fingerprint density at radius 2 is 1.52 bits per heavy atom. The van der Waals surface area contributed by atoms with Crippen LogP contribution in [0.25, 0.3) is 0 Å². The number of hydrogen-bond acceptors (Lipinski definition) is 4. The minimum atomic E-state index is -4.20. The van der Waals surface area contributed by atoms with E-state index in [2.05, 4.69) is 5.32 Å². The molecule has 7 nitrogen and oxygen atoms in total. The third-order valence-electron chi connectivity index (χ3n) is 7.89. The lowest BCUT2D eigenvalue weighted by molar-refractivity contribution is -0.140. The van der Waals surface area contributed by atoms with Crippen molar-refractivity contribution in [1.29, 1.82) is 0 Å². The van der Waals surface area contributed by atoms with Crippen molar-refractivity contribution in [1.82, 2.24) is 10.2 Å². The van der Waals surface area contributed by atoms with Gasteiger partial charge in [0.2, 0.25) is 11.8 Å². The maximum atomic E-state index is 14.6. The van der Waals surface area contributed by atoms with Crippen molar-refractivity contribution >= 4 is 50.7 Å². The number of anilines is 1. The highest BCUT2D eigenvalue weighted by molar-refractivity contribution is 7.92. The first kappa shape index (κ1) is 35.0. The number of carbonyl (C=O) groups excluding carboxylic acids is 2. The Morgan fingerprint density at radius 3 is 2.17 bits per heavy atom. The van der Waals surface area contributed by atoms with Gasteiger partial charge >= 0.3 is 0 Å². The summed E-state index contributed by atoms with van der Waals surface area (Å²) in [5, 5.41) is 3.61. The lowest BCUT2D eigenvalue weighted by atomic mass is 10.0. The van der Waals surface area contributed by atoms with E-state index < -0.39 is 28.5 Å². The van der Waals surface area contributed by atoms with Crippen LogP contribution in [0.4, 0.5) is 5.69 Å². The van der Waals surface area contributed by atoms with Crippen LogP contribution in [0.5, 0.6) is 0 Å². The second-order valence-corrected chi connectivity index (χ2v) is 14.0. The van der Waals surface area contributed by atoms with E-state index in [1.54, 1.807) is 42.5 Å². The van der Waals surface area contributed by atoms with Crippen LogP contribution in [0.15, 0.2) is 95.9 Å². The molecule has 4 rings (SSSR count). The van der Waals surface area contributed by atoms with E-state index in [-0.39, 0.29) is 23.8 Å². The fraction of sp³-hybridized carbons (Fsp3) is 0.278. The molecule has 0 aliphatic heterocycles. The zero-order valence-electron chi connectivity index (χ0n) is 26.5. The van der Waals surface area contributed by atoms with Crippen LogP contribution < -0.4 is 9.62 Å². The van der Waals surface area contributed by atoms with Gasteiger partial charge in [0.1, 0.15) is 12.6 Å². The molecule has 0 aliphatic rings. The fourth-order valence-corrected chi connectivity index (χ4v) is 6.90. The number of halogens is 2. The zero-order valence-corrected chi connectivity index (χ0v) is 28.8. The van der Waals surface area contributed by atoms with E-state index in [0.29, 0.717) is 34.3 Å². The van der Waals surface area contributed by atoms with Crippen LogP contribution in [0.3, 0.4) is 0 Å². The van der Waals surface area contributed by atoms with Crippen LogP contribution in [-0.2, 0) is 32.6 Å². The summed E-state index contributed by atoms with van der Waals surface area (Å²) in [7, 11) is -4.20. The predicted molar refractivity (Wildman–Crippen MR) is 186 cm³/mol. The number of carbonyl (C=O) groups is 2. The topological polar surface area (TPSA) is 86.8 Å². The molecule has 0 heterocycles. The van der Waals surface area contributed by atoms with Gasteiger partial charge in [-0.1, -0.05) is 96.4 Å². The first-order valence-corrected chi connectivity index (χ1v) is 17.3. The Bertz CT molecular complexity index is 1780. The van der Waals surface area contributed by atoms with Crippen LogP contribution in [0.2, 0.25) is 10.0 Å². The van der Waals surface area contributed by atoms with E-state index in [9.17, 15) is 18.0 Å². The molecule has 0 saturated carbocycles. The Labute approximate surface area is 282 Å². The molecule has 0 aliphatic carbocycles.